The Balaban J connectivity index is 2.18. The van der Waals surface area contributed by atoms with Crippen LogP contribution >= 0.6 is 11.3 Å². The van der Waals surface area contributed by atoms with Crippen LogP contribution < -0.4 is 5.73 Å². The summed E-state index contributed by atoms with van der Waals surface area (Å²) >= 11 is 1.78. The highest BCUT2D eigenvalue weighted by molar-refractivity contribution is 7.07. The Kier molecular flexibility index (Phi) is 4.82. The largest absolute Gasteiger partial charge is 0.326 e. The maximum atomic E-state index is 6.41. The fraction of sp³-hybridized carbons (Fsp3) is 0.733. The van der Waals surface area contributed by atoms with Gasteiger partial charge in [0.1, 0.15) is 0 Å². The maximum absolute atomic E-state index is 6.41. The lowest BCUT2D eigenvalue weighted by Gasteiger charge is -2.38. The SMILES string of the molecule is CCC(N)C(c1ccsc1)N(CC1CC1)C(C)C. The van der Waals surface area contributed by atoms with E-state index in [1.165, 1.54) is 24.9 Å². The molecule has 2 atom stereocenters. The number of hydrogen-bond donors (Lipinski definition) is 1. The average molecular weight is 266 g/mol. The normalized spacial score (nSPS) is 19.4. The van der Waals surface area contributed by atoms with Crippen molar-refractivity contribution in [3.8, 4) is 0 Å². The first-order chi connectivity index (χ1) is 8.63. The molecule has 2 rings (SSSR count). The number of rotatable bonds is 7. The van der Waals surface area contributed by atoms with E-state index in [1.807, 2.05) is 0 Å². The van der Waals surface area contributed by atoms with E-state index in [0.29, 0.717) is 12.1 Å². The maximum Gasteiger partial charge on any atom is 0.0510 e. The Hall–Kier alpha value is -0.380. The molecule has 0 amide bonds. The van der Waals surface area contributed by atoms with Gasteiger partial charge in [0.2, 0.25) is 0 Å². The molecule has 0 spiro atoms. The molecular weight excluding hydrogens is 240 g/mol. The van der Waals surface area contributed by atoms with Crippen molar-refractivity contribution >= 4 is 11.3 Å². The number of thiophene rings is 1. The van der Waals surface area contributed by atoms with Crippen molar-refractivity contribution in [3.05, 3.63) is 22.4 Å². The van der Waals surface area contributed by atoms with Crippen molar-refractivity contribution in [2.24, 2.45) is 11.7 Å². The van der Waals surface area contributed by atoms with Crippen LogP contribution in [0.5, 0.6) is 0 Å². The van der Waals surface area contributed by atoms with Crippen molar-refractivity contribution in [1.29, 1.82) is 0 Å². The summed E-state index contributed by atoms with van der Waals surface area (Å²) in [5.74, 6) is 0.914. The summed E-state index contributed by atoms with van der Waals surface area (Å²) in [6.07, 6.45) is 3.84. The second kappa shape index (κ2) is 6.18. The van der Waals surface area contributed by atoms with Crippen LogP contribution in [-0.2, 0) is 0 Å². The quantitative estimate of drug-likeness (QED) is 0.816. The average Bonchev–Trinajstić information content (AvgIpc) is 3.01. The molecule has 102 valence electrons. The predicted octanol–water partition coefficient (Wildman–Crippen LogP) is 3.65. The molecule has 1 aliphatic carbocycles. The minimum absolute atomic E-state index is 0.237. The van der Waals surface area contributed by atoms with Gasteiger partial charge in [-0.05, 0) is 61.4 Å². The summed E-state index contributed by atoms with van der Waals surface area (Å²) in [6, 6.07) is 3.43. The monoisotopic (exact) mass is 266 g/mol. The highest BCUT2D eigenvalue weighted by atomic mass is 32.1. The van der Waals surface area contributed by atoms with Crippen molar-refractivity contribution in [3.63, 3.8) is 0 Å². The molecule has 1 heterocycles. The van der Waals surface area contributed by atoms with E-state index in [2.05, 4.69) is 42.5 Å². The number of nitrogens with zero attached hydrogens (tertiary/aromatic N) is 1. The standard InChI is InChI=1S/C15H26N2S/c1-4-14(16)15(13-7-8-18-10-13)17(11(2)3)9-12-5-6-12/h7-8,10-12,14-15H,4-6,9,16H2,1-3H3. The van der Waals surface area contributed by atoms with Gasteiger partial charge in [-0.1, -0.05) is 6.92 Å². The van der Waals surface area contributed by atoms with Crippen LogP contribution in [-0.4, -0.2) is 23.5 Å². The molecule has 0 bridgehead atoms. The number of hydrogen-bond acceptors (Lipinski definition) is 3. The molecule has 2 nitrogen and oxygen atoms in total. The van der Waals surface area contributed by atoms with Crippen molar-refractivity contribution in [1.82, 2.24) is 4.90 Å². The van der Waals surface area contributed by atoms with E-state index in [4.69, 9.17) is 5.73 Å². The summed E-state index contributed by atoms with van der Waals surface area (Å²) < 4.78 is 0. The summed E-state index contributed by atoms with van der Waals surface area (Å²) in [7, 11) is 0. The molecule has 1 aliphatic rings. The van der Waals surface area contributed by atoms with Gasteiger partial charge in [-0.15, -0.1) is 0 Å². The molecule has 2 unspecified atom stereocenters. The molecule has 1 aromatic rings. The van der Waals surface area contributed by atoms with E-state index >= 15 is 0 Å². The van der Waals surface area contributed by atoms with Gasteiger partial charge in [0.15, 0.2) is 0 Å². The van der Waals surface area contributed by atoms with Crippen molar-refractivity contribution < 1.29 is 0 Å². The second-order valence-electron chi connectivity index (χ2n) is 5.81. The lowest BCUT2D eigenvalue weighted by Crippen LogP contribution is -2.45. The van der Waals surface area contributed by atoms with Crippen LogP contribution in [0.3, 0.4) is 0 Å². The highest BCUT2D eigenvalue weighted by Crippen LogP contribution is 2.35. The molecule has 0 saturated heterocycles. The predicted molar refractivity (Wildman–Crippen MR) is 79.9 cm³/mol. The van der Waals surface area contributed by atoms with E-state index in [9.17, 15) is 0 Å². The van der Waals surface area contributed by atoms with E-state index in [0.717, 1.165) is 12.3 Å². The first-order valence-electron chi connectivity index (χ1n) is 7.16. The van der Waals surface area contributed by atoms with Gasteiger partial charge in [-0.25, -0.2) is 0 Å². The summed E-state index contributed by atoms with van der Waals surface area (Å²) in [4.78, 5) is 2.62. The van der Waals surface area contributed by atoms with Gasteiger partial charge >= 0.3 is 0 Å². The van der Waals surface area contributed by atoms with Crippen LogP contribution in [0.2, 0.25) is 0 Å². The Morgan fingerprint density at radius 2 is 2.17 bits per heavy atom. The van der Waals surface area contributed by atoms with E-state index in [-0.39, 0.29) is 6.04 Å². The van der Waals surface area contributed by atoms with Crippen LogP contribution in [0.15, 0.2) is 16.8 Å². The third-order valence-electron chi connectivity index (χ3n) is 3.95. The van der Waals surface area contributed by atoms with Gasteiger partial charge in [-0.3, -0.25) is 4.90 Å². The zero-order chi connectivity index (χ0) is 13.1. The molecule has 3 heteroatoms. The Morgan fingerprint density at radius 3 is 2.61 bits per heavy atom. The number of nitrogens with two attached hydrogens (primary N) is 1. The zero-order valence-corrected chi connectivity index (χ0v) is 12.6. The van der Waals surface area contributed by atoms with Crippen molar-refractivity contribution in [2.45, 2.75) is 58.2 Å². The van der Waals surface area contributed by atoms with E-state index < -0.39 is 0 Å². The zero-order valence-electron chi connectivity index (χ0n) is 11.8. The molecule has 0 aromatic carbocycles. The Labute approximate surface area is 115 Å². The third-order valence-corrected chi connectivity index (χ3v) is 4.65. The lowest BCUT2D eigenvalue weighted by molar-refractivity contribution is 0.124. The minimum atomic E-state index is 0.237. The van der Waals surface area contributed by atoms with Crippen LogP contribution in [0.1, 0.15) is 51.6 Å². The van der Waals surface area contributed by atoms with Crippen LogP contribution in [0.4, 0.5) is 0 Å². The van der Waals surface area contributed by atoms with Gasteiger partial charge < -0.3 is 5.73 Å². The van der Waals surface area contributed by atoms with Gasteiger partial charge in [0.05, 0.1) is 6.04 Å². The molecule has 1 aromatic heterocycles. The minimum Gasteiger partial charge on any atom is -0.326 e. The van der Waals surface area contributed by atoms with Gasteiger partial charge in [-0.2, -0.15) is 11.3 Å². The second-order valence-corrected chi connectivity index (χ2v) is 6.59. The van der Waals surface area contributed by atoms with Crippen LogP contribution in [0.25, 0.3) is 0 Å². The molecule has 0 radical (unpaired) electrons. The van der Waals surface area contributed by atoms with Gasteiger partial charge in [0.25, 0.3) is 0 Å². The summed E-state index contributed by atoms with van der Waals surface area (Å²) in [5.41, 5.74) is 7.81. The van der Waals surface area contributed by atoms with Gasteiger partial charge in [0, 0.05) is 18.6 Å². The smallest absolute Gasteiger partial charge is 0.0510 e. The lowest BCUT2D eigenvalue weighted by atomic mass is 9.97. The molecule has 18 heavy (non-hydrogen) atoms. The van der Waals surface area contributed by atoms with Crippen molar-refractivity contribution in [2.75, 3.05) is 6.54 Å². The molecule has 1 saturated carbocycles. The highest BCUT2D eigenvalue weighted by Gasteiger charge is 2.32. The third kappa shape index (κ3) is 3.34. The fourth-order valence-corrected chi connectivity index (χ4v) is 3.28. The topological polar surface area (TPSA) is 29.3 Å². The Bertz CT molecular complexity index is 343. The molecular formula is C15H26N2S. The summed E-state index contributed by atoms with van der Waals surface area (Å²) in [5, 5.41) is 4.43. The first-order valence-corrected chi connectivity index (χ1v) is 8.11. The van der Waals surface area contributed by atoms with E-state index in [1.54, 1.807) is 11.3 Å². The molecule has 2 N–H and O–H groups in total. The first kappa shape index (κ1) is 14.0. The molecule has 1 fully saturated rings. The summed E-state index contributed by atoms with van der Waals surface area (Å²) in [6.45, 7) is 8.00. The Morgan fingerprint density at radius 1 is 1.44 bits per heavy atom. The fourth-order valence-electron chi connectivity index (χ4n) is 2.60. The van der Waals surface area contributed by atoms with Crippen LogP contribution in [0, 0.1) is 5.92 Å². The molecule has 0 aliphatic heterocycles.